The van der Waals surface area contributed by atoms with Crippen molar-refractivity contribution in [2.75, 3.05) is 26.2 Å². The van der Waals surface area contributed by atoms with E-state index in [1.807, 2.05) is 32.9 Å². The summed E-state index contributed by atoms with van der Waals surface area (Å²) in [5.74, 6) is 0.00251. The number of imide groups is 1. The monoisotopic (exact) mass is 519 g/mol. The molecular weight excluding hydrogens is 478 g/mol. The van der Waals surface area contributed by atoms with E-state index >= 15 is 0 Å². The van der Waals surface area contributed by atoms with Crippen LogP contribution in [0.1, 0.15) is 63.1 Å². The van der Waals surface area contributed by atoms with Gasteiger partial charge in [0.25, 0.3) is 5.91 Å². The van der Waals surface area contributed by atoms with Crippen LogP contribution in [0.4, 0.5) is 4.79 Å². The van der Waals surface area contributed by atoms with Crippen LogP contribution in [0.3, 0.4) is 0 Å². The van der Waals surface area contributed by atoms with Crippen LogP contribution in [0.5, 0.6) is 5.75 Å². The summed E-state index contributed by atoms with van der Waals surface area (Å²) in [5.41, 5.74) is 0.231. The van der Waals surface area contributed by atoms with Gasteiger partial charge in [-0.15, -0.1) is 0 Å². The number of rotatable bonds is 6. The topological polar surface area (TPSA) is 84.3 Å². The van der Waals surface area contributed by atoms with E-state index in [-0.39, 0.29) is 23.7 Å². The average molecular weight is 520 g/mol. The Morgan fingerprint density at radius 1 is 1.00 bits per heavy atom. The Kier molecular flexibility index (Phi) is 6.81. The second-order valence-corrected chi connectivity index (χ2v) is 11.5. The van der Waals surface area contributed by atoms with Gasteiger partial charge in [-0.05, 0) is 95.2 Å². The normalized spacial score (nSPS) is 31.8. The minimum atomic E-state index is -1.13. The Hall–Kier alpha value is -2.90. The molecule has 2 saturated heterocycles. The molecule has 2 aliphatic heterocycles. The number of aryl methyl sites for hydroxylation is 1. The van der Waals surface area contributed by atoms with Crippen LogP contribution in [0.25, 0.3) is 0 Å². The molecule has 38 heavy (non-hydrogen) atoms. The number of nitrogens with zero attached hydrogens (tertiary/aromatic N) is 3. The van der Waals surface area contributed by atoms with Crippen LogP contribution in [0, 0.1) is 6.92 Å². The molecule has 0 aromatic heterocycles. The maximum Gasteiger partial charge on any atom is 0.327 e. The molecule has 3 aliphatic rings. The average Bonchev–Trinajstić information content (AvgIpc) is 3.11. The summed E-state index contributed by atoms with van der Waals surface area (Å²) in [4.78, 5) is 32.7. The highest BCUT2D eigenvalue weighted by Gasteiger charge is 2.69. The number of hydrogen-bond acceptors (Lipinski definition) is 5. The predicted octanol–water partition coefficient (Wildman–Crippen LogP) is 4.23. The Balaban J connectivity index is 1.58. The van der Waals surface area contributed by atoms with E-state index in [4.69, 9.17) is 0 Å². The fourth-order valence-electron chi connectivity index (χ4n) is 7.84. The zero-order valence-corrected chi connectivity index (χ0v) is 23.1. The number of carbonyl (C=O) groups is 2. The molecule has 7 nitrogen and oxygen atoms in total. The lowest BCUT2D eigenvalue weighted by molar-refractivity contribution is -0.179. The first kappa shape index (κ1) is 26.7. The molecule has 1 saturated carbocycles. The number of urea groups is 1. The molecule has 0 radical (unpaired) electrons. The molecule has 4 atom stereocenters. The van der Waals surface area contributed by atoms with Crippen molar-refractivity contribution in [3.63, 3.8) is 0 Å². The summed E-state index contributed by atoms with van der Waals surface area (Å²) >= 11 is 0. The van der Waals surface area contributed by atoms with Crippen molar-refractivity contribution in [3.05, 3.63) is 65.2 Å². The van der Waals surface area contributed by atoms with Gasteiger partial charge in [-0.3, -0.25) is 14.6 Å². The zero-order valence-electron chi connectivity index (χ0n) is 23.1. The molecule has 3 fully saturated rings. The lowest BCUT2D eigenvalue weighted by atomic mass is 9.49. The Bertz CT molecular complexity index is 1220. The van der Waals surface area contributed by atoms with Gasteiger partial charge in [0.05, 0.1) is 5.60 Å². The van der Waals surface area contributed by atoms with Gasteiger partial charge in [0.15, 0.2) is 0 Å². The minimum absolute atomic E-state index is 0.148. The van der Waals surface area contributed by atoms with Crippen LogP contribution in [0.15, 0.2) is 48.5 Å². The molecule has 0 bridgehead atoms. The number of phenols is 1. The van der Waals surface area contributed by atoms with Gasteiger partial charge < -0.3 is 15.1 Å². The number of hydrogen-bond donors (Lipinski definition) is 2. The maximum absolute atomic E-state index is 13.9. The van der Waals surface area contributed by atoms with E-state index in [0.717, 1.165) is 30.6 Å². The first-order valence-corrected chi connectivity index (χ1v) is 14.1. The van der Waals surface area contributed by atoms with Crippen LogP contribution in [0.2, 0.25) is 0 Å². The van der Waals surface area contributed by atoms with Crippen molar-refractivity contribution in [2.45, 2.75) is 82.4 Å². The largest absolute Gasteiger partial charge is 0.508 e. The van der Waals surface area contributed by atoms with E-state index in [0.29, 0.717) is 38.8 Å². The molecule has 2 N–H and O–H groups in total. The molecule has 2 aromatic rings. The van der Waals surface area contributed by atoms with E-state index in [1.165, 1.54) is 10.5 Å². The fourth-order valence-corrected chi connectivity index (χ4v) is 7.84. The van der Waals surface area contributed by atoms with Crippen molar-refractivity contribution in [1.29, 1.82) is 0 Å². The van der Waals surface area contributed by atoms with Crippen LogP contribution >= 0.6 is 0 Å². The quantitative estimate of drug-likeness (QED) is 0.558. The summed E-state index contributed by atoms with van der Waals surface area (Å²) < 4.78 is 0. The molecule has 2 heterocycles. The van der Waals surface area contributed by atoms with Crippen LogP contribution in [-0.4, -0.2) is 80.2 Å². The highest BCUT2D eigenvalue weighted by atomic mass is 16.3. The standard InChI is InChI=1S/C31H41N3O4/c1-5-33-27(36)30(34(6-2)28(33)37)15-16-31(38)23(4)32(18-14-24-10-8-7-9-11-24)19-17-29(31,21-30)26-20-25(35)13-12-22(26)3/h7-13,20,23,35,38H,5-6,14-19,21H2,1-4H3/t23?,29-,30+,31?/m1/s1. The number of benzene rings is 2. The third kappa shape index (κ3) is 3.77. The van der Waals surface area contributed by atoms with E-state index in [1.54, 1.807) is 17.0 Å². The van der Waals surface area contributed by atoms with E-state index < -0.39 is 16.6 Å². The Morgan fingerprint density at radius 3 is 2.42 bits per heavy atom. The molecule has 2 unspecified atom stereocenters. The van der Waals surface area contributed by atoms with Gasteiger partial charge in [-0.1, -0.05) is 36.4 Å². The smallest absolute Gasteiger partial charge is 0.327 e. The molecule has 5 rings (SSSR count). The molecule has 2 aromatic carbocycles. The van der Waals surface area contributed by atoms with Gasteiger partial charge in [0.1, 0.15) is 11.3 Å². The fraction of sp³-hybridized carbons (Fsp3) is 0.548. The summed E-state index contributed by atoms with van der Waals surface area (Å²) in [7, 11) is 0. The number of aliphatic hydroxyl groups is 1. The minimum Gasteiger partial charge on any atom is -0.508 e. The first-order valence-electron chi connectivity index (χ1n) is 14.1. The second kappa shape index (κ2) is 9.69. The van der Waals surface area contributed by atoms with Gasteiger partial charge >= 0.3 is 6.03 Å². The van der Waals surface area contributed by atoms with Gasteiger partial charge in [-0.2, -0.15) is 0 Å². The molecule has 1 spiro atoms. The molecule has 1 aliphatic carbocycles. The number of piperidine rings is 1. The summed E-state index contributed by atoms with van der Waals surface area (Å²) in [6, 6.07) is 15.3. The number of aromatic hydroxyl groups is 1. The van der Waals surface area contributed by atoms with Crippen LogP contribution < -0.4 is 0 Å². The van der Waals surface area contributed by atoms with E-state index in [2.05, 4.69) is 36.1 Å². The second-order valence-electron chi connectivity index (χ2n) is 11.5. The number of amides is 3. The number of phenolic OH excluding ortho intramolecular Hbond substituents is 1. The number of likely N-dealkylation sites (N-methyl/N-ethyl adjacent to an activating group) is 2. The number of likely N-dealkylation sites (tertiary alicyclic amines) is 1. The lowest BCUT2D eigenvalue weighted by Gasteiger charge is -2.63. The molecule has 3 amide bonds. The van der Waals surface area contributed by atoms with Gasteiger partial charge in [-0.25, -0.2) is 4.79 Å². The lowest BCUT2D eigenvalue weighted by Crippen LogP contribution is -2.74. The van der Waals surface area contributed by atoms with Crippen molar-refractivity contribution >= 4 is 11.9 Å². The summed E-state index contributed by atoms with van der Waals surface area (Å²) in [6.07, 6.45) is 2.71. The molecule has 204 valence electrons. The van der Waals surface area contributed by atoms with Gasteiger partial charge in [0, 0.05) is 31.1 Å². The zero-order chi connectivity index (χ0) is 27.3. The van der Waals surface area contributed by atoms with Crippen LogP contribution in [-0.2, 0) is 16.6 Å². The Labute approximate surface area is 226 Å². The van der Waals surface area contributed by atoms with E-state index in [9.17, 15) is 19.8 Å². The van der Waals surface area contributed by atoms with Crippen molar-refractivity contribution < 1.29 is 19.8 Å². The van der Waals surface area contributed by atoms with Crippen molar-refractivity contribution in [2.24, 2.45) is 0 Å². The Morgan fingerprint density at radius 2 is 1.74 bits per heavy atom. The number of carbonyl (C=O) groups excluding carboxylic acids is 2. The first-order chi connectivity index (χ1) is 18.1. The third-order valence-electron chi connectivity index (χ3n) is 9.93. The predicted molar refractivity (Wildman–Crippen MR) is 147 cm³/mol. The highest BCUT2D eigenvalue weighted by molar-refractivity contribution is 6.07. The third-order valence-corrected chi connectivity index (χ3v) is 9.93. The highest BCUT2D eigenvalue weighted by Crippen LogP contribution is 2.59. The molecule has 7 heteroatoms. The SMILES string of the molecule is CCN1C(=O)N(CC)[C@]2(CCC3(O)C(C)N(CCc4ccccc4)CC[C@]3(c3cc(O)ccc3C)C2)C1=O. The van der Waals surface area contributed by atoms with Gasteiger partial charge in [0.2, 0.25) is 0 Å². The summed E-state index contributed by atoms with van der Waals surface area (Å²) in [5, 5.41) is 23.3. The van der Waals surface area contributed by atoms with Crippen molar-refractivity contribution in [1.82, 2.24) is 14.7 Å². The van der Waals surface area contributed by atoms with Crippen molar-refractivity contribution in [3.8, 4) is 5.75 Å². The molecular formula is C31H41N3O4. The maximum atomic E-state index is 13.9. The summed E-state index contributed by atoms with van der Waals surface area (Å²) in [6.45, 7) is 10.2. The number of fused-ring (bicyclic) bond motifs is 1.